The second kappa shape index (κ2) is 8.70. The monoisotopic (exact) mass is 380 g/mol. The van der Waals surface area contributed by atoms with Crippen molar-refractivity contribution in [2.24, 2.45) is 5.92 Å². The molecule has 1 aromatic rings. The third-order valence-electron chi connectivity index (χ3n) is 6.20. The first kappa shape index (κ1) is 18.9. The van der Waals surface area contributed by atoms with Crippen molar-refractivity contribution in [1.29, 1.82) is 0 Å². The Morgan fingerprint density at radius 2 is 1.92 bits per heavy atom. The molecule has 1 aromatic carbocycles. The number of thiocarbonyl (C=S) groups is 1. The Labute approximate surface area is 162 Å². The third-order valence-corrected chi connectivity index (χ3v) is 6.79. The van der Waals surface area contributed by atoms with E-state index in [1.54, 1.807) is 4.90 Å². The molecule has 0 amide bonds. The van der Waals surface area contributed by atoms with Crippen molar-refractivity contribution in [3.63, 3.8) is 0 Å². The average molecular weight is 381 g/mol. The van der Waals surface area contributed by atoms with Gasteiger partial charge in [0.15, 0.2) is 5.11 Å². The SMILES string of the molecule is CC1CCCCC1[NH+](C)C1CCN(C(=S)Nc2cccc(Cl)c2)CC1. The van der Waals surface area contributed by atoms with Crippen LogP contribution in [0.1, 0.15) is 45.4 Å². The zero-order chi connectivity index (χ0) is 17.8. The van der Waals surface area contributed by atoms with Crippen molar-refractivity contribution in [3.8, 4) is 0 Å². The van der Waals surface area contributed by atoms with Crippen molar-refractivity contribution in [1.82, 2.24) is 4.90 Å². The minimum atomic E-state index is 0.735. The number of anilines is 1. The minimum absolute atomic E-state index is 0.735. The van der Waals surface area contributed by atoms with Crippen LogP contribution in [0.2, 0.25) is 5.02 Å². The highest BCUT2D eigenvalue weighted by Gasteiger charge is 2.34. The van der Waals surface area contributed by atoms with Crippen LogP contribution >= 0.6 is 23.8 Å². The van der Waals surface area contributed by atoms with Crippen LogP contribution in [0, 0.1) is 5.92 Å². The summed E-state index contributed by atoms with van der Waals surface area (Å²) in [5.74, 6) is 0.873. The number of halogens is 1. The maximum absolute atomic E-state index is 6.05. The van der Waals surface area contributed by atoms with Gasteiger partial charge in [-0.2, -0.15) is 0 Å². The first-order chi connectivity index (χ1) is 12.0. The van der Waals surface area contributed by atoms with Gasteiger partial charge in [-0.15, -0.1) is 0 Å². The van der Waals surface area contributed by atoms with Crippen LogP contribution in [0.25, 0.3) is 0 Å². The lowest BCUT2D eigenvalue weighted by atomic mass is 9.84. The molecular weight excluding hydrogens is 350 g/mol. The quantitative estimate of drug-likeness (QED) is 0.782. The van der Waals surface area contributed by atoms with Crippen LogP contribution in [0.3, 0.4) is 0 Å². The van der Waals surface area contributed by atoms with E-state index in [2.05, 4.69) is 24.2 Å². The maximum atomic E-state index is 6.05. The van der Waals surface area contributed by atoms with Gasteiger partial charge in [0.1, 0.15) is 0 Å². The van der Waals surface area contributed by atoms with E-state index in [9.17, 15) is 0 Å². The Balaban J connectivity index is 1.50. The number of hydrogen-bond donors (Lipinski definition) is 2. The highest BCUT2D eigenvalue weighted by molar-refractivity contribution is 7.80. The summed E-state index contributed by atoms with van der Waals surface area (Å²) in [5.41, 5.74) is 0.971. The second-order valence-corrected chi connectivity index (χ2v) is 8.64. The van der Waals surface area contributed by atoms with Gasteiger partial charge in [0, 0.05) is 42.6 Å². The lowest BCUT2D eigenvalue weighted by Crippen LogP contribution is -3.17. The van der Waals surface area contributed by atoms with Crippen molar-refractivity contribution in [2.45, 2.75) is 57.5 Å². The molecule has 3 rings (SSSR count). The highest BCUT2D eigenvalue weighted by atomic mass is 35.5. The fourth-order valence-corrected chi connectivity index (χ4v) is 5.09. The van der Waals surface area contributed by atoms with Crippen molar-refractivity contribution in [3.05, 3.63) is 29.3 Å². The molecule has 5 heteroatoms. The van der Waals surface area contributed by atoms with Gasteiger partial charge in [0.05, 0.1) is 19.1 Å². The Kier molecular flexibility index (Phi) is 6.59. The van der Waals surface area contributed by atoms with Gasteiger partial charge >= 0.3 is 0 Å². The number of quaternary nitrogens is 1. The summed E-state index contributed by atoms with van der Waals surface area (Å²) in [6.07, 6.45) is 8.11. The summed E-state index contributed by atoms with van der Waals surface area (Å²) < 4.78 is 0. The standard InChI is InChI=1S/C20H30ClN3S/c1-15-6-3-4-9-19(15)23(2)18-10-12-24(13-11-18)20(25)22-17-8-5-7-16(21)14-17/h5,7-8,14-15,18-19H,3-4,6,9-13H2,1-2H3,(H,22,25)/p+1. The molecule has 3 unspecified atom stereocenters. The number of rotatable bonds is 3. The molecule has 138 valence electrons. The fraction of sp³-hybridized carbons (Fsp3) is 0.650. The van der Waals surface area contributed by atoms with Crippen molar-refractivity contribution in [2.75, 3.05) is 25.5 Å². The summed E-state index contributed by atoms with van der Waals surface area (Å²) >= 11 is 11.7. The van der Waals surface area contributed by atoms with Crippen molar-refractivity contribution >= 4 is 34.6 Å². The molecule has 25 heavy (non-hydrogen) atoms. The molecule has 2 N–H and O–H groups in total. The molecule has 1 aliphatic carbocycles. The average Bonchev–Trinajstić information content (AvgIpc) is 2.62. The number of nitrogens with one attached hydrogen (secondary N) is 2. The molecule has 3 nitrogen and oxygen atoms in total. The predicted octanol–water partition coefficient (Wildman–Crippen LogP) is 3.59. The van der Waals surface area contributed by atoms with Crippen LogP contribution in [0.5, 0.6) is 0 Å². The van der Waals surface area contributed by atoms with E-state index in [1.165, 1.54) is 38.5 Å². The molecule has 3 atom stereocenters. The zero-order valence-corrected chi connectivity index (χ0v) is 17.0. The molecule has 0 radical (unpaired) electrons. The topological polar surface area (TPSA) is 19.7 Å². The third kappa shape index (κ3) is 4.87. The molecule has 1 saturated heterocycles. The maximum Gasteiger partial charge on any atom is 0.173 e. The number of hydrogen-bond acceptors (Lipinski definition) is 1. The molecule has 1 saturated carbocycles. The summed E-state index contributed by atoms with van der Waals surface area (Å²) in [7, 11) is 2.43. The summed E-state index contributed by atoms with van der Waals surface area (Å²) in [6, 6.07) is 9.38. The summed E-state index contributed by atoms with van der Waals surface area (Å²) in [6.45, 7) is 4.55. The van der Waals surface area contributed by atoms with Crippen LogP contribution in [-0.2, 0) is 0 Å². The molecule has 2 fully saturated rings. The van der Waals surface area contributed by atoms with Gasteiger partial charge in [-0.3, -0.25) is 0 Å². The first-order valence-electron chi connectivity index (χ1n) is 9.69. The lowest BCUT2D eigenvalue weighted by molar-refractivity contribution is -0.937. The summed E-state index contributed by atoms with van der Waals surface area (Å²) in [4.78, 5) is 4.07. The number of piperidine rings is 1. The molecule has 2 aliphatic rings. The number of likely N-dealkylation sites (tertiary alicyclic amines) is 1. The van der Waals surface area contributed by atoms with Gasteiger partial charge < -0.3 is 15.1 Å². The van der Waals surface area contributed by atoms with E-state index in [-0.39, 0.29) is 0 Å². The number of benzene rings is 1. The molecular formula is C20H31ClN3S+. The van der Waals surface area contributed by atoms with Crippen molar-refractivity contribution < 1.29 is 4.90 Å². The van der Waals surface area contributed by atoms with Gasteiger partial charge in [-0.1, -0.05) is 31.0 Å². The van der Waals surface area contributed by atoms with Crippen LogP contribution < -0.4 is 10.2 Å². The zero-order valence-electron chi connectivity index (χ0n) is 15.4. The summed E-state index contributed by atoms with van der Waals surface area (Å²) in [5, 5.41) is 4.89. The van der Waals surface area contributed by atoms with Gasteiger partial charge in [-0.05, 0) is 49.7 Å². The Bertz CT molecular complexity index is 586. The Hall–Kier alpha value is -0.840. The van der Waals surface area contributed by atoms with E-state index in [1.807, 2.05) is 24.3 Å². The minimum Gasteiger partial charge on any atom is -0.349 e. The predicted molar refractivity (Wildman–Crippen MR) is 111 cm³/mol. The number of nitrogens with zero attached hydrogens (tertiary/aromatic N) is 1. The smallest absolute Gasteiger partial charge is 0.173 e. The first-order valence-corrected chi connectivity index (χ1v) is 10.5. The van der Waals surface area contributed by atoms with E-state index < -0.39 is 0 Å². The van der Waals surface area contributed by atoms with E-state index in [0.29, 0.717) is 0 Å². The molecule has 1 heterocycles. The van der Waals surface area contributed by atoms with Gasteiger partial charge in [0.2, 0.25) is 0 Å². The van der Waals surface area contributed by atoms with E-state index in [4.69, 9.17) is 23.8 Å². The lowest BCUT2D eigenvalue weighted by Gasteiger charge is -2.41. The van der Waals surface area contributed by atoms with Gasteiger partial charge in [0.25, 0.3) is 0 Å². The largest absolute Gasteiger partial charge is 0.349 e. The van der Waals surface area contributed by atoms with Crippen LogP contribution in [0.4, 0.5) is 5.69 Å². The van der Waals surface area contributed by atoms with Gasteiger partial charge in [-0.25, -0.2) is 0 Å². The normalized spacial score (nSPS) is 26.3. The molecule has 0 aromatic heterocycles. The van der Waals surface area contributed by atoms with Crippen LogP contribution in [0.15, 0.2) is 24.3 Å². The molecule has 1 aliphatic heterocycles. The molecule has 0 bridgehead atoms. The van der Waals surface area contributed by atoms with E-state index in [0.717, 1.165) is 46.9 Å². The van der Waals surface area contributed by atoms with E-state index >= 15 is 0 Å². The Morgan fingerprint density at radius 3 is 2.60 bits per heavy atom. The fourth-order valence-electron chi connectivity index (χ4n) is 4.60. The Morgan fingerprint density at radius 1 is 1.20 bits per heavy atom. The van der Waals surface area contributed by atoms with Crippen LogP contribution in [-0.4, -0.2) is 42.2 Å². The highest BCUT2D eigenvalue weighted by Crippen LogP contribution is 2.23. The second-order valence-electron chi connectivity index (χ2n) is 7.81. The molecule has 0 spiro atoms.